The molecule has 1 unspecified atom stereocenters. The number of piperidine rings is 1. The van der Waals surface area contributed by atoms with Crippen LogP contribution in [0.2, 0.25) is 0 Å². The van der Waals surface area contributed by atoms with Crippen molar-refractivity contribution in [2.24, 2.45) is 4.99 Å². The molecule has 2 heterocycles. The lowest BCUT2D eigenvalue weighted by atomic mass is 10.00. The van der Waals surface area contributed by atoms with Crippen LogP contribution in [-0.4, -0.2) is 39.6 Å². The molecule has 1 atom stereocenters. The second-order valence-electron chi connectivity index (χ2n) is 6.40. The molecule has 1 aliphatic heterocycles. The number of carbonyl (C=O) groups is 1. The van der Waals surface area contributed by atoms with Gasteiger partial charge in [0.05, 0.1) is 11.7 Å². The molecule has 1 aromatic heterocycles. The van der Waals surface area contributed by atoms with Gasteiger partial charge in [-0.25, -0.2) is 14.5 Å². The monoisotopic (exact) mass is 304 g/mol. The summed E-state index contributed by atoms with van der Waals surface area (Å²) < 4.78 is 7.09. The van der Waals surface area contributed by atoms with Gasteiger partial charge in [-0.15, -0.1) is 0 Å². The highest BCUT2D eigenvalue weighted by Gasteiger charge is 2.33. The van der Waals surface area contributed by atoms with Crippen LogP contribution in [0.15, 0.2) is 17.6 Å². The van der Waals surface area contributed by atoms with Crippen molar-refractivity contribution in [1.29, 1.82) is 0 Å². The molecule has 120 valence electrons. The normalized spacial score (nSPS) is 18.9. The van der Waals surface area contributed by atoms with Crippen LogP contribution >= 0.6 is 0 Å². The number of hydrogen-bond donors (Lipinski definition) is 0. The van der Waals surface area contributed by atoms with Crippen molar-refractivity contribution in [2.75, 3.05) is 6.54 Å². The Kier molecular flexibility index (Phi) is 4.68. The fraction of sp³-hybridized carbons (Fsp3) is 0.562. The quantitative estimate of drug-likeness (QED) is 0.798. The SMILES string of the molecule is C=Cn1nc(C2CCCCN2C(=O)OC(C)(C)C)cc1N=C. The second kappa shape index (κ2) is 6.34. The van der Waals surface area contributed by atoms with Crippen molar-refractivity contribution in [3.05, 3.63) is 18.3 Å². The zero-order valence-corrected chi connectivity index (χ0v) is 13.6. The van der Waals surface area contributed by atoms with E-state index >= 15 is 0 Å². The molecular formula is C16H24N4O2. The molecule has 1 aliphatic rings. The summed E-state index contributed by atoms with van der Waals surface area (Å²) in [7, 11) is 0. The fourth-order valence-corrected chi connectivity index (χ4v) is 2.60. The van der Waals surface area contributed by atoms with Crippen LogP contribution in [0.1, 0.15) is 51.8 Å². The molecule has 0 radical (unpaired) electrons. The number of rotatable bonds is 3. The lowest BCUT2D eigenvalue weighted by molar-refractivity contribution is 0.00897. The van der Waals surface area contributed by atoms with Crippen LogP contribution in [0.5, 0.6) is 0 Å². The van der Waals surface area contributed by atoms with E-state index in [0.29, 0.717) is 12.4 Å². The van der Waals surface area contributed by atoms with Crippen LogP contribution in [0.25, 0.3) is 6.20 Å². The number of amides is 1. The summed E-state index contributed by atoms with van der Waals surface area (Å²) in [5.74, 6) is 0.625. The summed E-state index contributed by atoms with van der Waals surface area (Å²) in [4.78, 5) is 18.1. The number of aliphatic imine (C=N–C) groups is 1. The Labute approximate surface area is 131 Å². The van der Waals surface area contributed by atoms with E-state index in [4.69, 9.17) is 4.74 Å². The molecule has 0 aliphatic carbocycles. The molecule has 6 nitrogen and oxygen atoms in total. The van der Waals surface area contributed by atoms with Gasteiger partial charge >= 0.3 is 6.09 Å². The van der Waals surface area contributed by atoms with E-state index < -0.39 is 5.60 Å². The Morgan fingerprint density at radius 1 is 1.50 bits per heavy atom. The first-order valence-corrected chi connectivity index (χ1v) is 7.54. The Bertz CT molecular complexity index is 546. The zero-order valence-electron chi connectivity index (χ0n) is 13.6. The summed E-state index contributed by atoms with van der Waals surface area (Å²) in [5.41, 5.74) is 0.292. The summed E-state index contributed by atoms with van der Waals surface area (Å²) in [6.45, 7) is 13.5. The molecule has 0 spiro atoms. The maximum absolute atomic E-state index is 12.4. The average Bonchev–Trinajstić information content (AvgIpc) is 2.88. The third-order valence-corrected chi connectivity index (χ3v) is 3.54. The van der Waals surface area contributed by atoms with Gasteiger partial charge in [0.1, 0.15) is 5.60 Å². The van der Waals surface area contributed by atoms with Gasteiger partial charge in [0.25, 0.3) is 0 Å². The minimum atomic E-state index is -0.507. The first-order chi connectivity index (χ1) is 10.4. The molecule has 6 heteroatoms. The number of carbonyl (C=O) groups excluding carboxylic acids is 1. The average molecular weight is 304 g/mol. The van der Waals surface area contributed by atoms with Gasteiger partial charge < -0.3 is 4.74 Å². The lowest BCUT2D eigenvalue weighted by Gasteiger charge is -2.35. The van der Waals surface area contributed by atoms with E-state index in [0.717, 1.165) is 25.0 Å². The molecule has 1 saturated heterocycles. The van der Waals surface area contributed by atoms with Crippen LogP contribution < -0.4 is 0 Å². The van der Waals surface area contributed by atoms with Crippen LogP contribution in [0.3, 0.4) is 0 Å². The van der Waals surface area contributed by atoms with Gasteiger partial charge in [0.2, 0.25) is 0 Å². The Morgan fingerprint density at radius 3 is 2.77 bits per heavy atom. The predicted molar refractivity (Wildman–Crippen MR) is 87.4 cm³/mol. The highest BCUT2D eigenvalue weighted by atomic mass is 16.6. The number of likely N-dealkylation sites (tertiary alicyclic amines) is 1. The van der Waals surface area contributed by atoms with Gasteiger partial charge in [-0.3, -0.25) is 4.90 Å². The smallest absolute Gasteiger partial charge is 0.410 e. The zero-order chi connectivity index (χ0) is 16.3. The van der Waals surface area contributed by atoms with E-state index in [9.17, 15) is 4.79 Å². The number of hydrogen-bond acceptors (Lipinski definition) is 4. The van der Waals surface area contributed by atoms with Crippen molar-refractivity contribution in [3.63, 3.8) is 0 Å². The lowest BCUT2D eigenvalue weighted by Crippen LogP contribution is -2.42. The van der Waals surface area contributed by atoms with Gasteiger partial charge in [-0.05, 0) is 46.8 Å². The van der Waals surface area contributed by atoms with Crippen LogP contribution in [0, 0.1) is 0 Å². The summed E-state index contributed by atoms with van der Waals surface area (Å²) in [6.07, 6.45) is 4.18. The summed E-state index contributed by atoms with van der Waals surface area (Å²) in [6, 6.07) is 1.76. The number of aromatic nitrogens is 2. The molecule has 0 N–H and O–H groups in total. The van der Waals surface area contributed by atoms with Crippen molar-refractivity contribution < 1.29 is 9.53 Å². The summed E-state index contributed by atoms with van der Waals surface area (Å²) >= 11 is 0. The minimum absolute atomic E-state index is 0.0923. The minimum Gasteiger partial charge on any atom is -0.444 e. The highest BCUT2D eigenvalue weighted by molar-refractivity contribution is 5.69. The van der Waals surface area contributed by atoms with Crippen LogP contribution in [-0.2, 0) is 4.74 Å². The van der Waals surface area contributed by atoms with E-state index in [2.05, 4.69) is 23.4 Å². The highest BCUT2D eigenvalue weighted by Crippen LogP contribution is 2.33. The van der Waals surface area contributed by atoms with E-state index in [1.807, 2.05) is 26.8 Å². The second-order valence-corrected chi connectivity index (χ2v) is 6.40. The van der Waals surface area contributed by atoms with E-state index in [1.165, 1.54) is 0 Å². The van der Waals surface area contributed by atoms with Crippen LogP contribution in [0.4, 0.5) is 10.6 Å². The first-order valence-electron chi connectivity index (χ1n) is 7.54. The molecule has 0 saturated carbocycles. The Balaban J connectivity index is 2.26. The van der Waals surface area contributed by atoms with E-state index in [1.54, 1.807) is 15.8 Å². The molecule has 1 aromatic rings. The maximum Gasteiger partial charge on any atom is 0.410 e. The molecule has 0 aromatic carbocycles. The molecule has 0 bridgehead atoms. The summed E-state index contributed by atoms with van der Waals surface area (Å²) in [5, 5.41) is 4.47. The standard InChI is InChI=1S/C16H24N4O2/c1-6-20-14(17-5)11-12(18-20)13-9-7-8-10-19(13)15(21)22-16(2,3)4/h6,11,13H,1,5,7-10H2,2-4H3. The molecule has 1 fully saturated rings. The van der Waals surface area contributed by atoms with Gasteiger partial charge in [-0.2, -0.15) is 5.10 Å². The van der Waals surface area contributed by atoms with Gasteiger partial charge in [-0.1, -0.05) is 6.58 Å². The number of ether oxygens (including phenoxy) is 1. The topological polar surface area (TPSA) is 59.7 Å². The third-order valence-electron chi connectivity index (χ3n) is 3.54. The first kappa shape index (κ1) is 16.3. The molecule has 22 heavy (non-hydrogen) atoms. The Morgan fingerprint density at radius 2 is 2.23 bits per heavy atom. The van der Waals surface area contributed by atoms with Crippen molar-refractivity contribution >= 4 is 24.8 Å². The Hall–Kier alpha value is -2.11. The molecular weight excluding hydrogens is 280 g/mol. The fourth-order valence-electron chi connectivity index (χ4n) is 2.60. The predicted octanol–water partition coefficient (Wildman–Crippen LogP) is 3.78. The molecule has 2 rings (SSSR count). The van der Waals surface area contributed by atoms with Gasteiger partial charge in [0.15, 0.2) is 5.82 Å². The third kappa shape index (κ3) is 3.55. The van der Waals surface area contributed by atoms with Crippen molar-refractivity contribution in [3.8, 4) is 0 Å². The maximum atomic E-state index is 12.4. The van der Waals surface area contributed by atoms with E-state index in [-0.39, 0.29) is 12.1 Å². The van der Waals surface area contributed by atoms with Gasteiger partial charge in [0, 0.05) is 18.8 Å². The van der Waals surface area contributed by atoms with Crippen molar-refractivity contribution in [1.82, 2.24) is 14.7 Å². The number of nitrogens with zero attached hydrogens (tertiary/aromatic N) is 4. The van der Waals surface area contributed by atoms with Crippen molar-refractivity contribution in [2.45, 2.75) is 51.7 Å². The molecule has 1 amide bonds. The largest absolute Gasteiger partial charge is 0.444 e.